The molecule has 0 spiro atoms. The molecule has 144 valence electrons. The molecule has 1 heterocycles. The predicted octanol–water partition coefficient (Wildman–Crippen LogP) is 3.22. The lowest BCUT2D eigenvalue weighted by atomic mass is 10.2. The quantitative estimate of drug-likeness (QED) is 0.749. The highest BCUT2D eigenvalue weighted by Crippen LogP contribution is 2.29. The van der Waals surface area contributed by atoms with Gasteiger partial charge < -0.3 is 9.47 Å². The molecule has 0 aromatic heterocycles. The molecular formula is C18H19BrN2O5S. The van der Waals surface area contributed by atoms with E-state index in [2.05, 4.69) is 21.2 Å². The summed E-state index contributed by atoms with van der Waals surface area (Å²) in [6.07, 6.45) is -0.723. The number of ether oxygens (including phenoxy) is 2. The molecule has 7 nitrogen and oxygen atoms in total. The van der Waals surface area contributed by atoms with Crippen LogP contribution >= 0.6 is 15.9 Å². The molecule has 2 aromatic rings. The number of carbonyl (C=O) groups excluding carboxylic acids is 1. The zero-order chi connectivity index (χ0) is 19.3. The van der Waals surface area contributed by atoms with Crippen LogP contribution in [0.5, 0.6) is 0 Å². The van der Waals surface area contributed by atoms with Crippen LogP contribution in [0.3, 0.4) is 0 Å². The van der Waals surface area contributed by atoms with Crippen LogP contribution in [0.4, 0.5) is 10.5 Å². The number of hydrogen-bond donors (Lipinski definition) is 1. The standard InChI is InChI=1S/C18H19BrN2O5S/c19-15-6-7-16(20-18(22)26-13-14-4-2-1-3-5-14)17(12-15)27(23,24)21-8-10-25-11-9-21/h1-7,12H,8-11,13H2,(H,20,22). The molecule has 0 saturated carbocycles. The van der Waals surface area contributed by atoms with Crippen LogP contribution in [-0.2, 0) is 26.1 Å². The van der Waals surface area contributed by atoms with E-state index >= 15 is 0 Å². The molecule has 1 saturated heterocycles. The third-order valence-corrected chi connectivity index (χ3v) is 6.41. The normalized spacial score (nSPS) is 15.3. The molecule has 0 radical (unpaired) electrons. The van der Waals surface area contributed by atoms with Gasteiger partial charge in [0.15, 0.2) is 0 Å². The van der Waals surface area contributed by atoms with Gasteiger partial charge in [-0.3, -0.25) is 5.32 Å². The van der Waals surface area contributed by atoms with E-state index in [-0.39, 0.29) is 30.3 Å². The van der Waals surface area contributed by atoms with Crippen molar-refractivity contribution in [2.45, 2.75) is 11.5 Å². The Morgan fingerprint density at radius 3 is 2.56 bits per heavy atom. The largest absolute Gasteiger partial charge is 0.444 e. The van der Waals surface area contributed by atoms with Gasteiger partial charge in [0.2, 0.25) is 10.0 Å². The number of morpholine rings is 1. The van der Waals surface area contributed by atoms with E-state index in [1.54, 1.807) is 6.07 Å². The van der Waals surface area contributed by atoms with Crippen LogP contribution in [0.1, 0.15) is 5.56 Å². The molecule has 27 heavy (non-hydrogen) atoms. The summed E-state index contributed by atoms with van der Waals surface area (Å²) in [6.45, 7) is 1.32. The highest BCUT2D eigenvalue weighted by molar-refractivity contribution is 9.10. The monoisotopic (exact) mass is 454 g/mol. The SMILES string of the molecule is O=C(Nc1ccc(Br)cc1S(=O)(=O)N1CCOCC1)OCc1ccccc1. The first-order valence-corrected chi connectivity index (χ1v) is 10.6. The minimum absolute atomic E-state index is 0.00966. The topological polar surface area (TPSA) is 84.9 Å². The van der Waals surface area contributed by atoms with Gasteiger partial charge in [-0.05, 0) is 23.8 Å². The summed E-state index contributed by atoms with van der Waals surface area (Å²) in [7, 11) is -3.77. The maximum atomic E-state index is 13.0. The number of halogens is 1. The Morgan fingerprint density at radius 2 is 1.85 bits per heavy atom. The molecule has 1 fully saturated rings. The van der Waals surface area contributed by atoms with Crippen molar-refractivity contribution in [3.05, 3.63) is 58.6 Å². The lowest BCUT2D eigenvalue weighted by Crippen LogP contribution is -2.40. The van der Waals surface area contributed by atoms with Crippen LogP contribution in [0, 0.1) is 0 Å². The summed E-state index contributed by atoms with van der Waals surface area (Å²) in [4.78, 5) is 12.2. The van der Waals surface area contributed by atoms with E-state index in [1.807, 2.05) is 30.3 Å². The number of amides is 1. The summed E-state index contributed by atoms with van der Waals surface area (Å²) < 4.78 is 38.3. The van der Waals surface area contributed by atoms with E-state index in [9.17, 15) is 13.2 Å². The van der Waals surface area contributed by atoms with Crippen molar-refractivity contribution in [3.63, 3.8) is 0 Å². The minimum atomic E-state index is -3.77. The van der Waals surface area contributed by atoms with Crippen molar-refractivity contribution in [1.82, 2.24) is 4.31 Å². The van der Waals surface area contributed by atoms with Crippen molar-refractivity contribution in [1.29, 1.82) is 0 Å². The van der Waals surface area contributed by atoms with Gasteiger partial charge in [0.05, 0.1) is 18.9 Å². The van der Waals surface area contributed by atoms with Gasteiger partial charge in [0.25, 0.3) is 0 Å². The second-order valence-electron chi connectivity index (χ2n) is 5.84. The number of carbonyl (C=O) groups is 1. The molecule has 1 amide bonds. The molecule has 3 rings (SSSR count). The van der Waals surface area contributed by atoms with E-state index < -0.39 is 16.1 Å². The molecule has 0 unspecified atom stereocenters. The van der Waals surface area contributed by atoms with Crippen LogP contribution in [0.2, 0.25) is 0 Å². The Bertz CT molecular complexity index is 899. The van der Waals surface area contributed by atoms with Crippen molar-refractivity contribution in [2.24, 2.45) is 0 Å². The zero-order valence-electron chi connectivity index (χ0n) is 14.4. The molecule has 0 atom stereocenters. The third kappa shape index (κ3) is 5.07. The van der Waals surface area contributed by atoms with Gasteiger partial charge in [-0.15, -0.1) is 0 Å². The van der Waals surface area contributed by atoms with Gasteiger partial charge in [-0.2, -0.15) is 4.31 Å². The molecule has 0 aliphatic carbocycles. The fourth-order valence-corrected chi connectivity index (χ4v) is 4.70. The van der Waals surface area contributed by atoms with Crippen molar-refractivity contribution in [3.8, 4) is 0 Å². The van der Waals surface area contributed by atoms with E-state index in [0.29, 0.717) is 17.7 Å². The van der Waals surface area contributed by atoms with Gasteiger partial charge >= 0.3 is 6.09 Å². The Labute approximate surface area is 166 Å². The fourth-order valence-electron chi connectivity index (χ4n) is 2.61. The van der Waals surface area contributed by atoms with Crippen LogP contribution in [0.25, 0.3) is 0 Å². The summed E-state index contributed by atoms with van der Waals surface area (Å²) in [5.74, 6) is 0. The first-order chi connectivity index (χ1) is 13.0. The molecule has 1 N–H and O–H groups in total. The van der Waals surface area contributed by atoms with Gasteiger partial charge in [0, 0.05) is 17.6 Å². The summed E-state index contributed by atoms with van der Waals surface area (Å²) in [5.41, 5.74) is 1.01. The summed E-state index contributed by atoms with van der Waals surface area (Å²) >= 11 is 3.29. The lowest BCUT2D eigenvalue weighted by molar-refractivity contribution is 0.0730. The molecule has 1 aliphatic rings. The van der Waals surface area contributed by atoms with Gasteiger partial charge in [0.1, 0.15) is 11.5 Å². The number of rotatable bonds is 5. The van der Waals surface area contributed by atoms with E-state index in [4.69, 9.17) is 9.47 Å². The first-order valence-electron chi connectivity index (χ1n) is 8.32. The van der Waals surface area contributed by atoms with Crippen molar-refractivity contribution < 1.29 is 22.7 Å². The van der Waals surface area contributed by atoms with Crippen LogP contribution in [0.15, 0.2) is 57.9 Å². The maximum absolute atomic E-state index is 13.0. The minimum Gasteiger partial charge on any atom is -0.444 e. The molecule has 1 aliphatic heterocycles. The summed E-state index contributed by atoms with van der Waals surface area (Å²) in [5, 5.41) is 2.53. The van der Waals surface area contributed by atoms with E-state index in [1.165, 1.54) is 16.4 Å². The smallest absolute Gasteiger partial charge is 0.411 e. The number of hydrogen-bond acceptors (Lipinski definition) is 5. The molecule has 0 bridgehead atoms. The van der Waals surface area contributed by atoms with Gasteiger partial charge in [-0.1, -0.05) is 46.3 Å². The second-order valence-corrected chi connectivity index (χ2v) is 8.67. The number of sulfonamides is 1. The molecular weight excluding hydrogens is 436 g/mol. The summed E-state index contributed by atoms with van der Waals surface area (Å²) in [6, 6.07) is 13.9. The third-order valence-electron chi connectivity index (χ3n) is 3.98. The highest BCUT2D eigenvalue weighted by Gasteiger charge is 2.29. The zero-order valence-corrected chi connectivity index (χ0v) is 16.8. The Kier molecular flexibility index (Phi) is 6.48. The van der Waals surface area contributed by atoms with Crippen molar-refractivity contribution >= 4 is 37.7 Å². The Morgan fingerprint density at radius 1 is 1.15 bits per heavy atom. The van der Waals surface area contributed by atoms with E-state index in [0.717, 1.165) is 5.56 Å². The first kappa shape index (κ1) is 19.8. The maximum Gasteiger partial charge on any atom is 0.411 e. The van der Waals surface area contributed by atoms with Crippen LogP contribution < -0.4 is 5.32 Å². The fraction of sp³-hybridized carbons (Fsp3) is 0.278. The highest BCUT2D eigenvalue weighted by atomic mass is 79.9. The van der Waals surface area contributed by atoms with Crippen molar-refractivity contribution in [2.75, 3.05) is 31.6 Å². The number of nitrogens with zero attached hydrogens (tertiary/aromatic N) is 1. The second kappa shape index (κ2) is 8.83. The molecule has 9 heteroatoms. The van der Waals surface area contributed by atoms with Gasteiger partial charge in [-0.25, -0.2) is 13.2 Å². The average molecular weight is 455 g/mol. The lowest BCUT2D eigenvalue weighted by Gasteiger charge is -2.27. The van der Waals surface area contributed by atoms with Crippen LogP contribution in [-0.4, -0.2) is 45.1 Å². The number of anilines is 1. The Hall–Kier alpha value is -1.94. The molecule has 2 aromatic carbocycles. The Balaban J connectivity index is 1.76. The predicted molar refractivity (Wildman–Crippen MR) is 104 cm³/mol. The average Bonchev–Trinajstić information content (AvgIpc) is 2.69. The number of nitrogens with one attached hydrogen (secondary N) is 1. The number of benzene rings is 2.